The molecule has 3 nitrogen and oxygen atoms in total. The number of nitrogens with zero attached hydrogens (tertiary/aromatic N) is 1. The maximum Gasteiger partial charge on any atom is 0.417 e. The minimum Gasteiger partial charge on any atom is -0.466 e. The fourth-order valence-electron chi connectivity index (χ4n) is 1.52. The van der Waals surface area contributed by atoms with E-state index in [0.717, 1.165) is 6.07 Å². The van der Waals surface area contributed by atoms with Crippen LogP contribution in [-0.2, 0) is 22.1 Å². The highest BCUT2D eigenvalue weighted by Gasteiger charge is 2.35. The molecule has 1 aromatic rings. The summed E-state index contributed by atoms with van der Waals surface area (Å²) in [6.07, 6.45) is -4.97. The number of ether oxygens (including phenoxy) is 1. The maximum atomic E-state index is 12.8. The summed E-state index contributed by atoms with van der Waals surface area (Å²) in [6, 6.07) is 3.60. The Bertz CT molecular complexity index is 535. The summed E-state index contributed by atoms with van der Waals surface area (Å²) >= 11 is 1.79. The van der Waals surface area contributed by atoms with Crippen LogP contribution in [0.15, 0.2) is 12.1 Å². The first kappa shape index (κ1) is 15.8. The van der Waals surface area contributed by atoms with Crippen LogP contribution >= 0.6 is 22.6 Å². The van der Waals surface area contributed by atoms with Gasteiger partial charge in [0.25, 0.3) is 0 Å². The van der Waals surface area contributed by atoms with Crippen LogP contribution in [-0.4, -0.2) is 12.6 Å². The van der Waals surface area contributed by atoms with Crippen molar-refractivity contribution in [3.63, 3.8) is 0 Å². The average Bonchev–Trinajstić information content (AvgIpc) is 2.30. The molecule has 102 valence electrons. The van der Waals surface area contributed by atoms with E-state index in [1.54, 1.807) is 29.5 Å². The molecule has 0 atom stereocenters. The van der Waals surface area contributed by atoms with E-state index in [9.17, 15) is 18.0 Å². The number of nitriles is 1. The summed E-state index contributed by atoms with van der Waals surface area (Å²) < 4.78 is 43.4. The highest BCUT2D eigenvalue weighted by atomic mass is 127. The molecule has 0 aromatic heterocycles. The average molecular weight is 383 g/mol. The molecule has 0 bridgehead atoms. The van der Waals surface area contributed by atoms with Gasteiger partial charge in [-0.25, -0.2) is 0 Å². The first-order chi connectivity index (χ1) is 8.81. The van der Waals surface area contributed by atoms with Gasteiger partial charge in [-0.2, -0.15) is 18.4 Å². The lowest BCUT2D eigenvalue weighted by molar-refractivity contribution is -0.142. The monoisotopic (exact) mass is 383 g/mol. The summed E-state index contributed by atoms with van der Waals surface area (Å²) in [5.41, 5.74) is -1.50. The van der Waals surface area contributed by atoms with Crippen molar-refractivity contribution in [3.8, 4) is 6.07 Å². The molecule has 0 aliphatic carbocycles. The normalized spacial score (nSPS) is 10.9. The number of halogens is 4. The minimum absolute atomic E-state index is 0.0522. The summed E-state index contributed by atoms with van der Waals surface area (Å²) in [6.45, 7) is 1.73. The van der Waals surface area contributed by atoms with Gasteiger partial charge in [-0.3, -0.25) is 4.79 Å². The molecular weight excluding hydrogens is 374 g/mol. The largest absolute Gasteiger partial charge is 0.466 e. The van der Waals surface area contributed by atoms with Crippen molar-refractivity contribution in [2.24, 2.45) is 0 Å². The number of hydrogen-bond acceptors (Lipinski definition) is 3. The molecule has 0 amide bonds. The summed E-state index contributed by atoms with van der Waals surface area (Å²) in [4.78, 5) is 11.4. The minimum atomic E-state index is -4.63. The molecule has 0 radical (unpaired) electrons. The SMILES string of the molecule is CCOC(=O)Cc1c(I)ccc(C(F)(F)F)c1C#N. The Labute approximate surface area is 121 Å². The maximum absolute atomic E-state index is 12.8. The molecule has 0 aliphatic heterocycles. The van der Waals surface area contributed by atoms with Crippen LogP contribution in [0.5, 0.6) is 0 Å². The third-order valence-corrected chi connectivity index (χ3v) is 3.31. The van der Waals surface area contributed by atoms with Crippen molar-refractivity contribution < 1.29 is 22.7 Å². The molecule has 0 saturated carbocycles. The van der Waals surface area contributed by atoms with Crippen molar-refractivity contribution in [1.29, 1.82) is 5.26 Å². The molecule has 0 aliphatic rings. The fraction of sp³-hybridized carbons (Fsp3) is 0.333. The number of benzene rings is 1. The van der Waals surface area contributed by atoms with Gasteiger partial charge in [-0.1, -0.05) is 0 Å². The van der Waals surface area contributed by atoms with Crippen molar-refractivity contribution in [1.82, 2.24) is 0 Å². The quantitative estimate of drug-likeness (QED) is 0.595. The smallest absolute Gasteiger partial charge is 0.417 e. The second kappa shape index (κ2) is 6.23. The fourth-order valence-corrected chi connectivity index (χ4v) is 2.16. The Morgan fingerprint density at radius 1 is 1.47 bits per heavy atom. The highest BCUT2D eigenvalue weighted by Crippen LogP contribution is 2.34. The van der Waals surface area contributed by atoms with Gasteiger partial charge in [-0.05, 0) is 47.2 Å². The Morgan fingerprint density at radius 2 is 2.11 bits per heavy atom. The van der Waals surface area contributed by atoms with Gasteiger partial charge in [0.1, 0.15) is 6.07 Å². The summed E-state index contributed by atoms with van der Waals surface area (Å²) in [7, 11) is 0. The number of carbonyl (C=O) groups is 1. The zero-order valence-corrected chi connectivity index (χ0v) is 12.0. The van der Waals surface area contributed by atoms with Crippen LogP contribution in [0.3, 0.4) is 0 Å². The lowest BCUT2D eigenvalue weighted by atomic mass is 9.99. The van der Waals surface area contributed by atoms with Gasteiger partial charge in [0.15, 0.2) is 0 Å². The van der Waals surface area contributed by atoms with E-state index in [1.165, 1.54) is 12.1 Å². The number of hydrogen-bond donors (Lipinski definition) is 0. The zero-order chi connectivity index (χ0) is 14.6. The second-order valence-corrected chi connectivity index (χ2v) is 4.70. The van der Waals surface area contributed by atoms with Crippen LogP contribution in [0.1, 0.15) is 23.6 Å². The zero-order valence-electron chi connectivity index (χ0n) is 9.84. The molecule has 0 N–H and O–H groups in total. The van der Waals surface area contributed by atoms with E-state index in [0.29, 0.717) is 3.57 Å². The van der Waals surface area contributed by atoms with Crippen molar-refractivity contribution >= 4 is 28.6 Å². The van der Waals surface area contributed by atoms with Gasteiger partial charge in [0.2, 0.25) is 0 Å². The van der Waals surface area contributed by atoms with Gasteiger partial charge >= 0.3 is 12.1 Å². The first-order valence-corrected chi connectivity index (χ1v) is 6.33. The van der Waals surface area contributed by atoms with E-state index < -0.39 is 23.3 Å². The lowest BCUT2D eigenvalue weighted by Gasteiger charge is -2.13. The number of carbonyl (C=O) groups excluding carboxylic acids is 1. The van der Waals surface area contributed by atoms with E-state index >= 15 is 0 Å². The Hall–Kier alpha value is -1.30. The highest BCUT2D eigenvalue weighted by molar-refractivity contribution is 14.1. The predicted octanol–water partition coefficient (Wildman–Crippen LogP) is 3.29. The third kappa shape index (κ3) is 3.83. The molecule has 0 saturated heterocycles. The Kier molecular flexibility index (Phi) is 5.17. The van der Waals surface area contributed by atoms with Crippen LogP contribution < -0.4 is 0 Å². The van der Waals surface area contributed by atoms with E-state index in [-0.39, 0.29) is 18.6 Å². The van der Waals surface area contributed by atoms with E-state index in [1.807, 2.05) is 0 Å². The topological polar surface area (TPSA) is 50.1 Å². The molecule has 1 rings (SSSR count). The van der Waals surface area contributed by atoms with E-state index in [2.05, 4.69) is 0 Å². The summed E-state index contributed by atoms with van der Waals surface area (Å²) in [5, 5.41) is 8.92. The Morgan fingerprint density at radius 3 is 2.58 bits per heavy atom. The van der Waals surface area contributed by atoms with Gasteiger partial charge in [0, 0.05) is 3.57 Å². The molecule has 1 aromatic carbocycles. The molecule has 19 heavy (non-hydrogen) atoms. The summed E-state index contributed by atoms with van der Waals surface area (Å²) in [5.74, 6) is -0.656. The molecule has 0 spiro atoms. The Balaban J connectivity index is 3.31. The van der Waals surface area contributed by atoms with Gasteiger partial charge < -0.3 is 4.74 Å². The van der Waals surface area contributed by atoms with E-state index in [4.69, 9.17) is 10.00 Å². The van der Waals surface area contributed by atoms with Crippen molar-refractivity contribution in [2.45, 2.75) is 19.5 Å². The number of alkyl halides is 3. The van der Waals surface area contributed by atoms with Crippen molar-refractivity contribution in [2.75, 3.05) is 6.61 Å². The van der Waals surface area contributed by atoms with Crippen LogP contribution in [0.25, 0.3) is 0 Å². The van der Waals surface area contributed by atoms with Crippen molar-refractivity contribution in [3.05, 3.63) is 32.4 Å². The van der Waals surface area contributed by atoms with Crippen LogP contribution in [0, 0.1) is 14.9 Å². The molecular formula is C12H9F3INO2. The first-order valence-electron chi connectivity index (χ1n) is 5.25. The standard InChI is InChI=1S/C12H9F3INO2/c1-2-19-11(18)5-7-8(6-17)9(12(13,14)15)3-4-10(7)16/h3-4H,2,5H2,1H3. The molecule has 7 heteroatoms. The van der Waals surface area contributed by atoms with Crippen LogP contribution in [0.2, 0.25) is 0 Å². The second-order valence-electron chi connectivity index (χ2n) is 3.54. The third-order valence-electron chi connectivity index (χ3n) is 2.30. The molecule has 0 fully saturated rings. The number of rotatable bonds is 3. The van der Waals surface area contributed by atoms with Crippen LogP contribution in [0.4, 0.5) is 13.2 Å². The number of esters is 1. The van der Waals surface area contributed by atoms with Gasteiger partial charge in [-0.15, -0.1) is 0 Å². The lowest BCUT2D eigenvalue weighted by Crippen LogP contribution is -2.14. The predicted molar refractivity (Wildman–Crippen MR) is 69.2 cm³/mol. The molecule has 0 unspecified atom stereocenters. The van der Waals surface area contributed by atoms with Gasteiger partial charge in [0.05, 0.1) is 24.2 Å². The molecule has 0 heterocycles.